The lowest BCUT2D eigenvalue weighted by atomic mass is 10.1. The first kappa shape index (κ1) is 27.1. The zero-order valence-electron chi connectivity index (χ0n) is 19.4. The van der Waals surface area contributed by atoms with Gasteiger partial charge < -0.3 is 25.0 Å². The molecule has 0 radical (unpaired) electrons. The van der Waals surface area contributed by atoms with E-state index in [0.29, 0.717) is 57.2 Å². The van der Waals surface area contributed by atoms with Crippen molar-refractivity contribution in [1.29, 1.82) is 0 Å². The molecule has 0 atom stereocenters. The molecule has 182 valence electrons. The van der Waals surface area contributed by atoms with Crippen LogP contribution in [-0.4, -0.2) is 55.9 Å². The molecule has 0 bridgehead atoms. The molecule has 0 saturated carbocycles. The molecular formula is C24H33F2IN4O2. The summed E-state index contributed by atoms with van der Waals surface area (Å²) < 4.78 is 33.7. The second-order valence-corrected chi connectivity index (χ2v) is 8.00. The standard InChI is InChI=1S/C24H32F2N4O2.HI/c1-4-27-24(29(2)16-18-6-8-23(32-3)21(26)14-18)28-15-17-5-7-22(20(25)13-17)30-11-9-19(31)10-12-30;/h5-8,13-14,19,31H,4,9-12,15-16H2,1-3H3,(H,27,28);1H. The first-order chi connectivity index (χ1) is 15.4. The van der Waals surface area contributed by atoms with Crippen LogP contribution in [0.5, 0.6) is 5.75 Å². The Bertz CT molecular complexity index is 937. The number of hydrogen-bond donors (Lipinski definition) is 2. The summed E-state index contributed by atoms with van der Waals surface area (Å²) >= 11 is 0. The average Bonchev–Trinajstić information content (AvgIpc) is 2.77. The van der Waals surface area contributed by atoms with E-state index < -0.39 is 5.82 Å². The smallest absolute Gasteiger partial charge is 0.194 e. The summed E-state index contributed by atoms with van der Waals surface area (Å²) in [5.41, 5.74) is 2.12. The topological polar surface area (TPSA) is 60.3 Å². The maximum atomic E-state index is 14.7. The van der Waals surface area contributed by atoms with Crippen molar-refractivity contribution in [2.45, 2.75) is 39.0 Å². The summed E-state index contributed by atoms with van der Waals surface area (Å²) in [5.74, 6) is 0.182. The SMILES string of the molecule is CCNC(=NCc1ccc(N2CCC(O)CC2)c(F)c1)N(C)Cc1ccc(OC)c(F)c1.I. The van der Waals surface area contributed by atoms with Gasteiger partial charge in [-0.15, -0.1) is 24.0 Å². The molecule has 1 fully saturated rings. The Kier molecular flexibility index (Phi) is 10.6. The Morgan fingerprint density at radius 1 is 1.15 bits per heavy atom. The number of aliphatic hydroxyl groups is 1. The first-order valence-electron chi connectivity index (χ1n) is 10.9. The maximum absolute atomic E-state index is 14.7. The minimum absolute atomic E-state index is 0. The largest absolute Gasteiger partial charge is 0.494 e. The van der Waals surface area contributed by atoms with E-state index >= 15 is 0 Å². The van der Waals surface area contributed by atoms with Crippen LogP contribution in [0.3, 0.4) is 0 Å². The minimum Gasteiger partial charge on any atom is -0.494 e. The Morgan fingerprint density at radius 2 is 1.82 bits per heavy atom. The molecule has 33 heavy (non-hydrogen) atoms. The van der Waals surface area contributed by atoms with E-state index in [9.17, 15) is 13.9 Å². The van der Waals surface area contributed by atoms with Crippen LogP contribution >= 0.6 is 24.0 Å². The molecule has 0 spiro atoms. The van der Waals surface area contributed by atoms with Crippen LogP contribution < -0.4 is 15.0 Å². The molecule has 0 amide bonds. The number of aliphatic imine (C=N–C) groups is 1. The summed E-state index contributed by atoms with van der Waals surface area (Å²) in [6.07, 6.45) is 1.02. The van der Waals surface area contributed by atoms with Crippen LogP contribution in [0, 0.1) is 11.6 Å². The summed E-state index contributed by atoms with van der Waals surface area (Å²) in [4.78, 5) is 8.50. The molecule has 6 nitrogen and oxygen atoms in total. The van der Waals surface area contributed by atoms with Crippen LogP contribution in [0.1, 0.15) is 30.9 Å². The number of halogens is 3. The second kappa shape index (κ2) is 12.9. The van der Waals surface area contributed by atoms with Gasteiger partial charge >= 0.3 is 0 Å². The predicted molar refractivity (Wildman–Crippen MR) is 139 cm³/mol. The van der Waals surface area contributed by atoms with Crippen molar-refractivity contribution in [3.05, 3.63) is 59.2 Å². The number of hydrogen-bond acceptors (Lipinski definition) is 4. The van der Waals surface area contributed by atoms with Crippen molar-refractivity contribution in [1.82, 2.24) is 10.2 Å². The third-order valence-corrected chi connectivity index (χ3v) is 5.56. The van der Waals surface area contributed by atoms with Gasteiger partial charge in [0.2, 0.25) is 0 Å². The molecular weight excluding hydrogens is 541 g/mol. The fourth-order valence-corrected chi connectivity index (χ4v) is 3.80. The van der Waals surface area contributed by atoms with E-state index in [2.05, 4.69) is 10.3 Å². The second-order valence-electron chi connectivity index (χ2n) is 8.00. The quantitative estimate of drug-likeness (QED) is 0.296. The summed E-state index contributed by atoms with van der Waals surface area (Å²) in [7, 11) is 3.31. The highest BCUT2D eigenvalue weighted by Crippen LogP contribution is 2.24. The highest BCUT2D eigenvalue weighted by molar-refractivity contribution is 14.0. The molecule has 3 rings (SSSR count). The number of anilines is 1. The number of ether oxygens (including phenoxy) is 1. The Labute approximate surface area is 211 Å². The molecule has 0 aliphatic carbocycles. The number of methoxy groups -OCH3 is 1. The molecule has 1 aliphatic heterocycles. The lowest BCUT2D eigenvalue weighted by Crippen LogP contribution is -2.38. The van der Waals surface area contributed by atoms with Crippen LogP contribution in [-0.2, 0) is 13.1 Å². The summed E-state index contributed by atoms with van der Waals surface area (Å²) in [5, 5.41) is 12.9. The van der Waals surface area contributed by atoms with Crippen LogP contribution in [0.15, 0.2) is 41.4 Å². The van der Waals surface area contributed by atoms with Gasteiger partial charge in [0.25, 0.3) is 0 Å². The first-order valence-corrected chi connectivity index (χ1v) is 10.9. The fourth-order valence-electron chi connectivity index (χ4n) is 3.80. The van der Waals surface area contributed by atoms with Crippen molar-refractivity contribution in [3.63, 3.8) is 0 Å². The third kappa shape index (κ3) is 7.43. The van der Waals surface area contributed by atoms with Crippen molar-refractivity contribution in [2.75, 3.05) is 38.7 Å². The van der Waals surface area contributed by atoms with Gasteiger partial charge in [-0.2, -0.15) is 0 Å². The van der Waals surface area contributed by atoms with Gasteiger partial charge in [0.1, 0.15) is 5.82 Å². The predicted octanol–water partition coefficient (Wildman–Crippen LogP) is 4.15. The fraction of sp³-hybridized carbons (Fsp3) is 0.458. The normalized spacial score (nSPS) is 14.6. The number of piperidine rings is 1. The van der Waals surface area contributed by atoms with E-state index in [1.54, 1.807) is 12.1 Å². The number of nitrogens with one attached hydrogen (secondary N) is 1. The van der Waals surface area contributed by atoms with E-state index in [1.807, 2.05) is 35.9 Å². The van der Waals surface area contributed by atoms with Crippen molar-refractivity contribution in [2.24, 2.45) is 4.99 Å². The average molecular weight is 574 g/mol. The Hall–Kier alpha value is -2.14. The molecule has 1 aliphatic rings. The number of nitrogens with zero attached hydrogens (tertiary/aromatic N) is 3. The van der Waals surface area contributed by atoms with Gasteiger partial charge in [0, 0.05) is 33.2 Å². The van der Waals surface area contributed by atoms with Gasteiger partial charge in [-0.1, -0.05) is 12.1 Å². The number of rotatable bonds is 7. The molecule has 1 saturated heterocycles. The zero-order chi connectivity index (χ0) is 23.1. The number of guanidine groups is 1. The Balaban J connectivity index is 0.00000385. The molecule has 0 unspecified atom stereocenters. The number of benzene rings is 2. The van der Waals surface area contributed by atoms with Crippen LogP contribution in [0.25, 0.3) is 0 Å². The lowest BCUT2D eigenvalue weighted by Gasteiger charge is -2.31. The molecule has 1 heterocycles. The maximum Gasteiger partial charge on any atom is 0.194 e. The third-order valence-electron chi connectivity index (χ3n) is 5.56. The van der Waals surface area contributed by atoms with Crippen molar-refractivity contribution in [3.8, 4) is 5.75 Å². The number of aliphatic hydroxyl groups excluding tert-OH is 1. The van der Waals surface area contributed by atoms with Crippen molar-refractivity contribution >= 4 is 35.6 Å². The Morgan fingerprint density at radius 3 is 2.42 bits per heavy atom. The summed E-state index contributed by atoms with van der Waals surface area (Å²) in [6.45, 7) is 4.73. The van der Waals surface area contributed by atoms with Gasteiger partial charge in [-0.3, -0.25) is 0 Å². The molecule has 2 N–H and O–H groups in total. The van der Waals surface area contributed by atoms with Crippen molar-refractivity contribution < 1.29 is 18.6 Å². The van der Waals surface area contributed by atoms with Crippen LogP contribution in [0.4, 0.5) is 14.5 Å². The molecule has 0 aromatic heterocycles. The van der Waals surface area contributed by atoms with Gasteiger partial charge in [0.05, 0.1) is 25.4 Å². The highest BCUT2D eigenvalue weighted by atomic mass is 127. The summed E-state index contributed by atoms with van der Waals surface area (Å²) in [6, 6.07) is 10.1. The van der Waals surface area contributed by atoms with E-state index in [4.69, 9.17) is 4.74 Å². The van der Waals surface area contributed by atoms with E-state index in [-0.39, 0.29) is 41.6 Å². The van der Waals surface area contributed by atoms with E-state index in [1.165, 1.54) is 19.2 Å². The van der Waals surface area contributed by atoms with Gasteiger partial charge in [0.15, 0.2) is 17.5 Å². The van der Waals surface area contributed by atoms with Gasteiger partial charge in [-0.25, -0.2) is 13.8 Å². The lowest BCUT2D eigenvalue weighted by molar-refractivity contribution is 0.145. The monoisotopic (exact) mass is 574 g/mol. The molecule has 9 heteroatoms. The molecule has 2 aromatic rings. The van der Waals surface area contributed by atoms with E-state index in [0.717, 1.165) is 11.1 Å². The minimum atomic E-state index is -0.404. The van der Waals surface area contributed by atoms with Crippen LogP contribution in [0.2, 0.25) is 0 Å². The zero-order valence-corrected chi connectivity index (χ0v) is 21.7. The van der Waals surface area contributed by atoms with Gasteiger partial charge in [-0.05, 0) is 55.2 Å². The molecule has 2 aromatic carbocycles. The highest BCUT2D eigenvalue weighted by Gasteiger charge is 2.19.